The minimum Gasteiger partial charge on any atom is -0.383 e. The molecule has 7 heteroatoms. The van der Waals surface area contributed by atoms with Crippen molar-refractivity contribution in [2.75, 3.05) is 20.3 Å². The normalized spacial score (nSPS) is 10.9. The van der Waals surface area contributed by atoms with Gasteiger partial charge in [-0.3, -0.25) is 0 Å². The summed E-state index contributed by atoms with van der Waals surface area (Å²) in [4.78, 5) is 4.39. The number of nitrogens with one attached hydrogen (secondary N) is 1. The maximum Gasteiger partial charge on any atom is 0.167 e. The van der Waals surface area contributed by atoms with Crippen molar-refractivity contribution in [1.29, 1.82) is 0 Å². The number of aromatic nitrogens is 3. The molecule has 0 fully saturated rings. The second-order valence-corrected chi connectivity index (χ2v) is 5.55. The lowest BCUT2D eigenvalue weighted by Gasteiger charge is -1.99. The number of rotatable bonds is 6. The molecule has 2 aromatic rings. The molecule has 92 valence electrons. The molecule has 2 rings (SSSR count). The molecule has 0 aromatic carbocycles. The molecular weight excluding hydrogens is 256 g/mol. The molecule has 0 amide bonds. The van der Waals surface area contributed by atoms with Crippen LogP contribution < -0.4 is 5.32 Å². The van der Waals surface area contributed by atoms with Crippen molar-refractivity contribution in [2.24, 2.45) is 0 Å². The third kappa shape index (κ3) is 3.53. The van der Waals surface area contributed by atoms with Crippen LogP contribution in [0, 0.1) is 6.92 Å². The van der Waals surface area contributed by atoms with E-state index in [0.717, 1.165) is 33.8 Å². The van der Waals surface area contributed by atoms with Crippen LogP contribution in [0.15, 0.2) is 5.38 Å². The van der Waals surface area contributed by atoms with Gasteiger partial charge in [-0.1, -0.05) is 11.3 Å². The van der Waals surface area contributed by atoms with Crippen molar-refractivity contribution >= 4 is 22.7 Å². The van der Waals surface area contributed by atoms with Gasteiger partial charge >= 0.3 is 0 Å². The summed E-state index contributed by atoms with van der Waals surface area (Å²) >= 11 is 3.20. The highest BCUT2D eigenvalue weighted by Crippen LogP contribution is 2.24. The summed E-state index contributed by atoms with van der Waals surface area (Å²) in [6, 6.07) is 0. The molecule has 0 saturated heterocycles. The fourth-order valence-electron chi connectivity index (χ4n) is 1.26. The van der Waals surface area contributed by atoms with Gasteiger partial charge in [0.25, 0.3) is 0 Å². The van der Waals surface area contributed by atoms with Gasteiger partial charge in [-0.05, 0) is 6.92 Å². The number of ether oxygens (including phenoxy) is 1. The first-order valence-corrected chi connectivity index (χ1v) is 6.93. The molecule has 1 N–H and O–H groups in total. The second-order valence-electron chi connectivity index (χ2n) is 3.42. The van der Waals surface area contributed by atoms with Crippen LogP contribution in [0.25, 0.3) is 10.7 Å². The van der Waals surface area contributed by atoms with Crippen LogP contribution in [-0.4, -0.2) is 35.4 Å². The van der Waals surface area contributed by atoms with Crippen LogP contribution in [0.1, 0.15) is 10.0 Å². The molecule has 0 atom stereocenters. The molecule has 2 aromatic heterocycles. The van der Waals surface area contributed by atoms with Gasteiger partial charge in [0.15, 0.2) is 5.01 Å². The van der Waals surface area contributed by atoms with Crippen LogP contribution in [-0.2, 0) is 11.3 Å². The van der Waals surface area contributed by atoms with E-state index in [2.05, 4.69) is 20.5 Å². The van der Waals surface area contributed by atoms with E-state index in [1.807, 2.05) is 12.3 Å². The largest absolute Gasteiger partial charge is 0.383 e. The quantitative estimate of drug-likeness (QED) is 0.810. The summed E-state index contributed by atoms with van der Waals surface area (Å²) in [5, 5.41) is 16.4. The highest BCUT2D eigenvalue weighted by atomic mass is 32.1. The maximum atomic E-state index is 4.95. The molecular formula is C10H14N4OS2. The summed E-state index contributed by atoms with van der Waals surface area (Å²) in [5.74, 6) is 0. The first-order valence-electron chi connectivity index (χ1n) is 5.24. The number of nitrogens with zero attached hydrogens (tertiary/aromatic N) is 3. The second kappa shape index (κ2) is 6.15. The molecule has 0 aliphatic rings. The van der Waals surface area contributed by atoms with Gasteiger partial charge in [0.05, 0.1) is 11.6 Å². The van der Waals surface area contributed by atoms with Gasteiger partial charge in [-0.25, -0.2) is 4.98 Å². The van der Waals surface area contributed by atoms with Gasteiger partial charge in [0, 0.05) is 25.6 Å². The van der Waals surface area contributed by atoms with Gasteiger partial charge in [0.2, 0.25) is 0 Å². The summed E-state index contributed by atoms with van der Waals surface area (Å²) in [7, 11) is 1.69. The van der Waals surface area contributed by atoms with E-state index >= 15 is 0 Å². The fraction of sp³-hybridized carbons (Fsp3) is 0.500. The average molecular weight is 270 g/mol. The third-order valence-electron chi connectivity index (χ3n) is 2.06. The Hall–Kier alpha value is -0.890. The average Bonchev–Trinajstić information content (AvgIpc) is 2.93. The summed E-state index contributed by atoms with van der Waals surface area (Å²) in [6.07, 6.45) is 0. The van der Waals surface area contributed by atoms with E-state index in [1.165, 1.54) is 0 Å². The topological polar surface area (TPSA) is 59.9 Å². The number of methoxy groups -OCH3 is 1. The SMILES string of the molecule is COCCNCc1nnc(-c2csc(C)n2)s1. The van der Waals surface area contributed by atoms with Crippen molar-refractivity contribution < 1.29 is 4.74 Å². The van der Waals surface area contributed by atoms with E-state index in [4.69, 9.17) is 4.74 Å². The Bertz CT molecular complexity index is 468. The smallest absolute Gasteiger partial charge is 0.167 e. The van der Waals surface area contributed by atoms with Crippen molar-refractivity contribution in [2.45, 2.75) is 13.5 Å². The molecule has 0 unspecified atom stereocenters. The summed E-state index contributed by atoms with van der Waals surface area (Å²) < 4.78 is 4.95. The Morgan fingerprint density at radius 2 is 2.29 bits per heavy atom. The summed E-state index contributed by atoms with van der Waals surface area (Å²) in [6.45, 7) is 4.24. The Morgan fingerprint density at radius 1 is 1.41 bits per heavy atom. The van der Waals surface area contributed by atoms with Gasteiger partial charge in [-0.2, -0.15) is 0 Å². The Morgan fingerprint density at radius 3 is 3.00 bits per heavy atom. The molecule has 17 heavy (non-hydrogen) atoms. The van der Waals surface area contributed by atoms with E-state index < -0.39 is 0 Å². The minimum atomic E-state index is 0.705. The zero-order valence-electron chi connectivity index (χ0n) is 9.77. The van der Waals surface area contributed by atoms with E-state index in [1.54, 1.807) is 29.8 Å². The third-order valence-corrected chi connectivity index (χ3v) is 3.78. The Balaban J connectivity index is 1.92. The molecule has 0 spiro atoms. The highest BCUT2D eigenvalue weighted by Gasteiger charge is 2.08. The van der Waals surface area contributed by atoms with Crippen LogP contribution in [0.2, 0.25) is 0 Å². The molecule has 0 aliphatic carbocycles. The van der Waals surface area contributed by atoms with Crippen molar-refractivity contribution in [3.8, 4) is 10.7 Å². The predicted molar refractivity (Wildman–Crippen MR) is 69.3 cm³/mol. The number of thiazole rings is 1. The number of aryl methyl sites for hydroxylation is 1. The number of hydrogen-bond donors (Lipinski definition) is 1. The van der Waals surface area contributed by atoms with Crippen LogP contribution in [0.5, 0.6) is 0 Å². The zero-order chi connectivity index (χ0) is 12.1. The van der Waals surface area contributed by atoms with Gasteiger partial charge < -0.3 is 10.1 Å². The van der Waals surface area contributed by atoms with Crippen LogP contribution >= 0.6 is 22.7 Å². The minimum absolute atomic E-state index is 0.705. The molecule has 5 nitrogen and oxygen atoms in total. The number of hydrogen-bond acceptors (Lipinski definition) is 7. The summed E-state index contributed by atoms with van der Waals surface area (Å²) in [5.41, 5.74) is 0.924. The highest BCUT2D eigenvalue weighted by molar-refractivity contribution is 7.15. The molecule has 0 aliphatic heterocycles. The molecule has 0 bridgehead atoms. The standard InChI is InChI=1S/C10H14N4OS2/c1-7-12-8(6-16-7)10-14-13-9(17-10)5-11-3-4-15-2/h6,11H,3-5H2,1-2H3. The molecule has 0 radical (unpaired) electrons. The lowest BCUT2D eigenvalue weighted by Crippen LogP contribution is -2.18. The first-order chi connectivity index (χ1) is 8.29. The van der Waals surface area contributed by atoms with Gasteiger partial charge in [0.1, 0.15) is 10.7 Å². The molecule has 2 heterocycles. The van der Waals surface area contributed by atoms with Crippen molar-refractivity contribution in [3.05, 3.63) is 15.4 Å². The zero-order valence-corrected chi connectivity index (χ0v) is 11.4. The van der Waals surface area contributed by atoms with Crippen molar-refractivity contribution in [1.82, 2.24) is 20.5 Å². The fourth-order valence-corrected chi connectivity index (χ4v) is 2.70. The van der Waals surface area contributed by atoms with E-state index in [-0.39, 0.29) is 0 Å². The lowest BCUT2D eigenvalue weighted by atomic mass is 10.5. The molecule has 0 saturated carbocycles. The van der Waals surface area contributed by atoms with Crippen LogP contribution in [0.3, 0.4) is 0 Å². The lowest BCUT2D eigenvalue weighted by molar-refractivity contribution is 0.199. The van der Waals surface area contributed by atoms with Crippen molar-refractivity contribution in [3.63, 3.8) is 0 Å². The predicted octanol–water partition coefficient (Wildman–Crippen LogP) is 1.71. The Kier molecular flexibility index (Phi) is 4.55. The first kappa shape index (κ1) is 12.6. The monoisotopic (exact) mass is 270 g/mol. The van der Waals surface area contributed by atoms with Gasteiger partial charge in [-0.15, -0.1) is 21.5 Å². The maximum absolute atomic E-state index is 4.95. The van der Waals surface area contributed by atoms with E-state index in [9.17, 15) is 0 Å². The Labute approximate surface area is 108 Å². The van der Waals surface area contributed by atoms with Crippen LogP contribution in [0.4, 0.5) is 0 Å². The van der Waals surface area contributed by atoms with E-state index in [0.29, 0.717) is 6.61 Å².